The zero-order chi connectivity index (χ0) is 11.7. The van der Waals surface area contributed by atoms with Gasteiger partial charge in [-0.25, -0.2) is 0 Å². The van der Waals surface area contributed by atoms with Crippen molar-refractivity contribution in [1.29, 1.82) is 0 Å². The molecule has 0 unspecified atom stereocenters. The molecule has 0 aliphatic heterocycles. The molecule has 0 atom stereocenters. The molecule has 0 spiro atoms. The Morgan fingerprint density at radius 2 is 1.50 bits per heavy atom. The molecule has 0 radical (unpaired) electrons. The Bertz CT molecular complexity index is 444. The maximum atomic E-state index is 2.19. The molecule has 0 aromatic heterocycles. The molecule has 1 aromatic rings. The molecule has 0 saturated carbocycles. The Kier molecular flexibility index (Phi) is 2.73. The molecule has 2 rings (SSSR count). The zero-order valence-corrected chi connectivity index (χ0v) is 10.4. The first-order valence-corrected chi connectivity index (χ1v) is 5.47. The fraction of sp³-hybridized carbons (Fsp3) is 0.286. The van der Waals surface area contributed by atoms with E-state index < -0.39 is 0 Å². The van der Waals surface area contributed by atoms with Crippen LogP contribution >= 0.6 is 0 Å². The molecule has 0 bridgehead atoms. The van der Waals surface area contributed by atoms with E-state index in [0.717, 1.165) is 0 Å². The third kappa shape index (κ3) is 1.71. The highest BCUT2D eigenvalue weighted by molar-refractivity contribution is 5.90. The van der Waals surface area contributed by atoms with E-state index in [2.05, 4.69) is 74.4 Å². The fourth-order valence-corrected chi connectivity index (χ4v) is 2.23. The Balaban J connectivity index is 2.58. The van der Waals surface area contributed by atoms with Crippen molar-refractivity contribution in [1.82, 2.24) is 9.80 Å². The van der Waals surface area contributed by atoms with Gasteiger partial charge >= 0.3 is 0 Å². The summed E-state index contributed by atoms with van der Waals surface area (Å²) in [5.74, 6) is 1.24. The van der Waals surface area contributed by atoms with Gasteiger partial charge in [-0.3, -0.25) is 0 Å². The van der Waals surface area contributed by atoms with Gasteiger partial charge in [-0.2, -0.15) is 0 Å². The summed E-state index contributed by atoms with van der Waals surface area (Å²) in [5, 5.41) is 0. The number of nitrogens with zero attached hydrogens (tertiary/aromatic N) is 2. The first kappa shape index (κ1) is 10.8. The van der Waals surface area contributed by atoms with Gasteiger partial charge in [-0.1, -0.05) is 36.4 Å². The molecule has 1 aliphatic carbocycles. The molecular formula is C14H18N2. The van der Waals surface area contributed by atoms with Crippen molar-refractivity contribution in [2.24, 2.45) is 0 Å². The van der Waals surface area contributed by atoms with Crippen LogP contribution in [0.25, 0.3) is 11.6 Å². The van der Waals surface area contributed by atoms with E-state index in [4.69, 9.17) is 0 Å². The van der Waals surface area contributed by atoms with E-state index >= 15 is 0 Å². The van der Waals surface area contributed by atoms with Crippen LogP contribution in [0.5, 0.6) is 0 Å². The average Bonchev–Trinajstić information content (AvgIpc) is 2.61. The van der Waals surface area contributed by atoms with E-state index in [1.807, 2.05) is 0 Å². The highest BCUT2D eigenvalue weighted by atomic mass is 15.3. The van der Waals surface area contributed by atoms with Crippen LogP contribution in [-0.4, -0.2) is 38.0 Å². The summed E-state index contributed by atoms with van der Waals surface area (Å²) >= 11 is 0. The molecule has 2 nitrogen and oxygen atoms in total. The summed E-state index contributed by atoms with van der Waals surface area (Å²) in [6.45, 7) is 0. The van der Waals surface area contributed by atoms with Gasteiger partial charge in [0.1, 0.15) is 5.82 Å². The lowest BCUT2D eigenvalue weighted by atomic mass is 10.1. The largest absolute Gasteiger partial charge is 0.364 e. The normalized spacial score (nSPS) is 12.6. The number of fused-ring (bicyclic) bond motifs is 1. The highest BCUT2D eigenvalue weighted by Gasteiger charge is 2.16. The molecule has 2 heteroatoms. The van der Waals surface area contributed by atoms with Crippen molar-refractivity contribution in [3.8, 4) is 0 Å². The standard InChI is InChI=1S/C14H18N2/c1-15(2)14(16(3)4)13-10-9-11-7-5-6-8-12(11)13/h5-10H,1-4H3. The summed E-state index contributed by atoms with van der Waals surface area (Å²) in [7, 11) is 8.32. The zero-order valence-electron chi connectivity index (χ0n) is 10.4. The maximum absolute atomic E-state index is 2.19. The second kappa shape index (κ2) is 4.05. The van der Waals surface area contributed by atoms with Crippen LogP contribution in [0.1, 0.15) is 11.1 Å². The van der Waals surface area contributed by atoms with E-state index in [0.29, 0.717) is 0 Å². The lowest BCUT2D eigenvalue weighted by Crippen LogP contribution is -2.25. The predicted octanol–water partition coefficient (Wildman–Crippen LogP) is 2.51. The summed E-state index contributed by atoms with van der Waals surface area (Å²) in [6.07, 6.45) is 4.37. The minimum Gasteiger partial charge on any atom is -0.364 e. The molecule has 0 heterocycles. The van der Waals surface area contributed by atoms with Crippen LogP contribution in [-0.2, 0) is 0 Å². The molecule has 0 amide bonds. The number of allylic oxidation sites excluding steroid dienone is 2. The van der Waals surface area contributed by atoms with Crippen LogP contribution in [0.3, 0.4) is 0 Å². The summed E-state index contributed by atoms with van der Waals surface area (Å²) < 4.78 is 0. The van der Waals surface area contributed by atoms with Crippen LogP contribution in [0.15, 0.2) is 36.2 Å². The van der Waals surface area contributed by atoms with Gasteiger partial charge in [0.05, 0.1) is 0 Å². The monoisotopic (exact) mass is 214 g/mol. The number of benzene rings is 1. The average molecular weight is 214 g/mol. The minimum atomic E-state index is 1.24. The van der Waals surface area contributed by atoms with Gasteiger partial charge in [0.2, 0.25) is 0 Å². The topological polar surface area (TPSA) is 6.48 Å². The van der Waals surface area contributed by atoms with Gasteiger partial charge in [-0.05, 0) is 11.1 Å². The second-order valence-corrected chi connectivity index (χ2v) is 4.45. The van der Waals surface area contributed by atoms with E-state index in [-0.39, 0.29) is 0 Å². The molecule has 16 heavy (non-hydrogen) atoms. The van der Waals surface area contributed by atoms with Crippen molar-refractivity contribution in [3.05, 3.63) is 47.3 Å². The first-order chi connectivity index (χ1) is 7.61. The summed E-state index contributed by atoms with van der Waals surface area (Å²) in [6, 6.07) is 8.51. The fourth-order valence-electron chi connectivity index (χ4n) is 2.23. The van der Waals surface area contributed by atoms with Crippen LogP contribution in [0.2, 0.25) is 0 Å². The second-order valence-electron chi connectivity index (χ2n) is 4.45. The molecule has 0 saturated heterocycles. The van der Waals surface area contributed by atoms with Crippen molar-refractivity contribution in [2.75, 3.05) is 28.2 Å². The lowest BCUT2D eigenvalue weighted by molar-refractivity contribution is 0.346. The van der Waals surface area contributed by atoms with Crippen molar-refractivity contribution in [2.45, 2.75) is 0 Å². The molecule has 0 N–H and O–H groups in total. The van der Waals surface area contributed by atoms with Gasteiger partial charge in [-0.15, -0.1) is 0 Å². The molecule has 84 valence electrons. The van der Waals surface area contributed by atoms with E-state index in [1.54, 1.807) is 0 Å². The summed E-state index contributed by atoms with van der Waals surface area (Å²) in [4.78, 5) is 4.31. The molecule has 1 aliphatic rings. The van der Waals surface area contributed by atoms with Gasteiger partial charge in [0.15, 0.2) is 0 Å². The minimum absolute atomic E-state index is 1.24. The quantitative estimate of drug-likeness (QED) is 0.746. The van der Waals surface area contributed by atoms with E-state index in [9.17, 15) is 0 Å². The number of hydrogen-bond acceptors (Lipinski definition) is 2. The maximum Gasteiger partial charge on any atom is 0.111 e. The van der Waals surface area contributed by atoms with Gasteiger partial charge in [0, 0.05) is 33.8 Å². The van der Waals surface area contributed by atoms with Crippen molar-refractivity contribution in [3.63, 3.8) is 0 Å². The highest BCUT2D eigenvalue weighted by Crippen LogP contribution is 2.32. The first-order valence-electron chi connectivity index (χ1n) is 5.47. The Morgan fingerprint density at radius 1 is 0.875 bits per heavy atom. The van der Waals surface area contributed by atoms with Crippen molar-refractivity contribution < 1.29 is 0 Å². The van der Waals surface area contributed by atoms with Gasteiger partial charge in [0.25, 0.3) is 0 Å². The smallest absolute Gasteiger partial charge is 0.111 e. The Morgan fingerprint density at radius 3 is 2.12 bits per heavy atom. The molecular weight excluding hydrogens is 196 g/mol. The predicted molar refractivity (Wildman–Crippen MR) is 69.8 cm³/mol. The SMILES string of the molecule is CN(C)C(=C1C=Cc2ccccc21)N(C)C. The number of rotatable bonds is 2. The van der Waals surface area contributed by atoms with Crippen LogP contribution < -0.4 is 0 Å². The van der Waals surface area contributed by atoms with Crippen molar-refractivity contribution >= 4 is 11.6 Å². The van der Waals surface area contributed by atoms with Crippen LogP contribution in [0, 0.1) is 0 Å². The third-order valence-corrected chi connectivity index (χ3v) is 2.77. The third-order valence-electron chi connectivity index (χ3n) is 2.77. The Hall–Kier alpha value is -1.70. The number of hydrogen-bond donors (Lipinski definition) is 0. The van der Waals surface area contributed by atoms with Gasteiger partial charge < -0.3 is 9.80 Å². The van der Waals surface area contributed by atoms with E-state index in [1.165, 1.54) is 22.5 Å². The molecule has 0 fully saturated rings. The summed E-state index contributed by atoms with van der Waals surface area (Å²) in [5.41, 5.74) is 3.92. The Labute approximate surface area is 97.5 Å². The molecule has 1 aromatic carbocycles. The van der Waals surface area contributed by atoms with Crippen LogP contribution in [0.4, 0.5) is 0 Å². The lowest BCUT2D eigenvalue weighted by Gasteiger charge is -2.27.